The minimum absolute atomic E-state index is 0.0669. The van der Waals surface area contributed by atoms with Gasteiger partial charge in [0, 0.05) is 24.9 Å². The van der Waals surface area contributed by atoms with Crippen LogP contribution in [0.2, 0.25) is 5.02 Å². The maximum Gasteiger partial charge on any atom is 0.232 e. The molecule has 0 amide bonds. The number of unbranched alkanes of at least 4 members (excludes halogenated alkanes) is 1. The zero-order chi connectivity index (χ0) is 15.7. The van der Waals surface area contributed by atoms with Gasteiger partial charge in [-0.2, -0.15) is 0 Å². The Balaban J connectivity index is 2.36. The third-order valence-corrected chi connectivity index (χ3v) is 3.07. The van der Waals surface area contributed by atoms with Gasteiger partial charge >= 0.3 is 0 Å². The van der Waals surface area contributed by atoms with Crippen molar-refractivity contribution in [2.24, 2.45) is 0 Å². The Bertz CT molecular complexity index is 419. The van der Waals surface area contributed by atoms with E-state index < -0.39 is 0 Å². The summed E-state index contributed by atoms with van der Waals surface area (Å²) in [5.74, 6) is 0.468. The Morgan fingerprint density at radius 2 is 2.00 bits per heavy atom. The molecule has 21 heavy (non-hydrogen) atoms. The summed E-state index contributed by atoms with van der Waals surface area (Å²) in [6.45, 7) is 11.0. The Labute approximate surface area is 133 Å². The van der Waals surface area contributed by atoms with Gasteiger partial charge in [-0.05, 0) is 38.8 Å². The molecule has 0 radical (unpaired) electrons. The Morgan fingerprint density at radius 1 is 1.24 bits per heavy atom. The second kappa shape index (κ2) is 9.23. The van der Waals surface area contributed by atoms with E-state index in [4.69, 9.17) is 21.1 Å². The van der Waals surface area contributed by atoms with Crippen LogP contribution in [-0.2, 0) is 11.3 Å². The van der Waals surface area contributed by atoms with Gasteiger partial charge in [0.15, 0.2) is 0 Å². The van der Waals surface area contributed by atoms with Crippen LogP contribution in [0.1, 0.15) is 46.1 Å². The first kappa shape index (κ1) is 18.2. The molecule has 1 heterocycles. The van der Waals surface area contributed by atoms with Gasteiger partial charge < -0.3 is 14.8 Å². The van der Waals surface area contributed by atoms with E-state index >= 15 is 0 Å². The zero-order valence-corrected chi connectivity index (χ0v) is 14.3. The largest absolute Gasteiger partial charge is 0.474 e. The number of hydrogen-bond donors (Lipinski definition) is 1. The molecule has 0 saturated carbocycles. The van der Waals surface area contributed by atoms with Gasteiger partial charge in [-0.25, -0.2) is 4.98 Å². The number of aromatic nitrogens is 1. The first-order valence-corrected chi connectivity index (χ1v) is 7.90. The van der Waals surface area contributed by atoms with Crippen LogP contribution in [0, 0.1) is 0 Å². The first-order valence-electron chi connectivity index (χ1n) is 7.52. The van der Waals surface area contributed by atoms with Gasteiger partial charge in [0.1, 0.15) is 11.6 Å². The predicted octanol–water partition coefficient (Wildman–Crippen LogP) is 3.82. The van der Waals surface area contributed by atoms with Crippen molar-refractivity contribution in [2.75, 3.05) is 19.8 Å². The third-order valence-electron chi connectivity index (χ3n) is 2.80. The molecule has 0 aliphatic carbocycles. The third kappa shape index (κ3) is 8.24. The highest BCUT2D eigenvalue weighted by atomic mass is 35.5. The van der Waals surface area contributed by atoms with Crippen LogP contribution in [0.3, 0.4) is 0 Å². The van der Waals surface area contributed by atoms with Crippen LogP contribution in [-0.4, -0.2) is 30.3 Å². The summed E-state index contributed by atoms with van der Waals surface area (Å²) >= 11 is 6.19. The normalized spacial score (nSPS) is 11.7. The van der Waals surface area contributed by atoms with Crippen LogP contribution in [0.4, 0.5) is 0 Å². The van der Waals surface area contributed by atoms with E-state index in [0.717, 1.165) is 31.6 Å². The molecule has 120 valence electrons. The topological polar surface area (TPSA) is 43.4 Å². The molecular formula is C16H27ClN2O2. The summed E-state index contributed by atoms with van der Waals surface area (Å²) < 4.78 is 11.0. The smallest absolute Gasteiger partial charge is 0.232 e. The molecule has 1 N–H and O–H groups in total. The highest BCUT2D eigenvalue weighted by molar-refractivity contribution is 6.31. The van der Waals surface area contributed by atoms with Gasteiger partial charge in [0.25, 0.3) is 0 Å². The monoisotopic (exact) mass is 314 g/mol. The fourth-order valence-corrected chi connectivity index (χ4v) is 1.82. The predicted molar refractivity (Wildman–Crippen MR) is 87.1 cm³/mol. The van der Waals surface area contributed by atoms with Gasteiger partial charge in [0.05, 0.1) is 6.61 Å². The average Bonchev–Trinajstić information content (AvgIpc) is 2.41. The van der Waals surface area contributed by atoms with Crippen molar-refractivity contribution >= 4 is 11.6 Å². The lowest BCUT2D eigenvalue weighted by Gasteiger charge is -2.20. The number of ether oxygens (including phenoxy) is 2. The molecule has 0 aliphatic heterocycles. The molecule has 5 heteroatoms. The molecule has 0 spiro atoms. The number of rotatable bonds is 9. The maximum absolute atomic E-state index is 6.19. The van der Waals surface area contributed by atoms with Crippen molar-refractivity contribution in [1.82, 2.24) is 10.3 Å². The van der Waals surface area contributed by atoms with E-state index in [-0.39, 0.29) is 5.54 Å². The SMILES string of the molecule is CCCCOCCOc1ncc(CNC(C)(C)C)cc1Cl. The summed E-state index contributed by atoms with van der Waals surface area (Å²) in [5.41, 5.74) is 1.11. The molecule has 0 aliphatic rings. The molecule has 1 aromatic heterocycles. The number of halogens is 1. The van der Waals surface area contributed by atoms with Crippen molar-refractivity contribution in [2.45, 2.75) is 52.6 Å². The van der Waals surface area contributed by atoms with Gasteiger partial charge in [-0.15, -0.1) is 0 Å². The summed E-state index contributed by atoms with van der Waals surface area (Å²) in [4.78, 5) is 4.26. The Morgan fingerprint density at radius 3 is 2.62 bits per heavy atom. The fraction of sp³-hybridized carbons (Fsp3) is 0.688. The van der Waals surface area contributed by atoms with Crippen LogP contribution >= 0.6 is 11.6 Å². The summed E-state index contributed by atoms with van der Waals surface area (Å²) in [6, 6.07) is 1.89. The molecule has 0 unspecified atom stereocenters. The quantitative estimate of drug-likeness (QED) is 0.704. The van der Waals surface area contributed by atoms with E-state index in [1.165, 1.54) is 0 Å². The van der Waals surface area contributed by atoms with Gasteiger partial charge in [0.2, 0.25) is 5.88 Å². The molecule has 0 bridgehead atoms. The van der Waals surface area contributed by atoms with E-state index in [0.29, 0.717) is 24.1 Å². The fourth-order valence-electron chi connectivity index (χ4n) is 1.58. The lowest BCUT2D eigenvalue weighted by atomic mass is 10.1. The number of hydrogen-bond acceptors (Lipinski definition) is 4. The molecule has 0 saturated heterocycles. The number of nitrogens with one attached hydrogen (secondary N) is 1. The molecular weight excluding hydrogens is 288 g/mol. The number of nitrogens with zero attached hydrogens (tertiary/aromatic N) is 1. The van der Waals surface area contributed by atoms with Crippen molar-refractivity contribution < 1.29 is 9.47 Å². The highest BCUT2D eigenvalue weighted by Crippen LogP contribution is 2.22. The average molecular weight is 315 g/mol. The van der Waals surface area contributed by atoms with Gasteiger partial charge in [-0.3, -0.25) is 0 Å². The lowest BCUT2D eigenvalue weighted by molar-refractivity contribution is 0.0965. The summed E-state index contributed by atoms with van der Waals surface area (Å²) in [7, 11) is 0. The molecule has 0 aromatic carbocycles. The van der Waals surface area contributed by atoms with Crippen molar-refractivity contribution in [3.63, 3.8) is 0 Å². The highest BCUT2D eigenvalue weighted by Gasteiger charge is 2.10. The Kier molecular flexibility index (Phi) is 8.01. The molecule has 0 atom stereocenters. The summed E-state index contributed by atoms with van der Waals surface area (Å²) in [6.07, 6.45) is 4.00. The minimum atomic E-state index is 0.0669. The van der Waals surface area contributed by atoms with E-state index in [9.17, 15) is 0 Å². The molecule has 1 rings (SSSR count). The number of pyridine rings is 1. The van der Waals surface area contributed by atoms with Crippen molar-refractivity contribution in [1.29, 1.82) is 0 Å². The van der Waals surface area contributed by atoms with Crippen LogP contribution in [0.15, 0.2) is 12.3 Å². The van der Waals surface area contributed by atoms with Crippen molar-refractivity contribution in [3.05, 3.63) is 22.8 Å². The zero-order valence-electron chi connectivity index (χ0n) is 13.5. The van der Waals surface area contributed by atoms with Crippen molar-refractivity contribution in [3.8, 4) is 5.88 Å². The lowest BCUT2D eigenvalue weighted by Crippen LogP contribution is -2.35. The van der Waals surface area contributed by atoms with E-state index in [1.54, 1.807) is 6.20 Å². The van der Waals surface area contributed by atoms with Crippen LogP contribution in [0.25, 0.3) is 0 Å². The maximum atomic E-state index is 6.19. The summed E-state index contributed by atoms with van der Waals surface area (Å²) in [5, 5.41) is 3.94. The van der Waals surface area contributed by atoms with Crippen LogP contribution < -0.4 is 10.1 Å². The van der Waals surface area contributed by atoms with Gasteiger partial charge in [-0.1, -0.05) is 24.9 Å². The first-order chi connectivity index (χ1) is 9.92. The second-order valence-electron chi connectivity index (χ2n) is 6.05. The van der Waals surface area contributed by atoms with E-state index in [1.807, 2.05) is 6.07 Å². The molecule has 4 nitrogen and oxygen atoms in total. The molecule has 0 fully saturated rings. The Hall–Kier alpha value is -0.840. The van der Waals surface area contributed by atoms with Crippen LogP contribution in [0.5, 0.6) is 5.88 Å². The minimum Gasteiger partial charge on any atom is -0.474 e. The molecule has 1 aromatic rings. The standard InChI is InChI=1S/C16H27ClN2O2/c1-5-6-7-20-8-9-21-15-14(17)10-13(11-18-15)12-19-16(2,3)4/h10-11,19H,5-9,12H2,1-4H3. The van der Waals surface area contributed by atoms with E-state index in [2.05, 4.69) is 38.0 Å². The second-order valence-corrected chi connectivity index (χ2v) is 6.46.